The van der Waals surface area contributed by atoms with E-state index in [-0.39, 0.29) is 23.3 Å². The number of β-amino-alcohol motifs (C(OH)–C–C–N with tert-alkyl or cyclic N) is 1. The predicted molar refractivity (Wildman–Crippen MR) is 84.8 cm³/mol. The van der Waals surface area contributed by atoms with Crippen molar-refractivity contribution in [2.24, 2.45) is 11.3 Å². The van der Waals surface area contributed by atoms with Crippen LogP contribution in [0.25, 0.3) is 0 Å². The summed E-state index contributed by atoms with van der Waals surface area (Å²) >= 11 is 0. The minimum Gasteiger partial charge on any atom is -0.391 e. The van der Waals surface area contributed by atoms with Crippen molar-refractivity contribution in [3.05, 3.63) is 18.1 Å². The summed E-state index contributed by atoms with van der Waals surface area (Å²) in [6, 6.07) is 0. The van der Waals surface area contributed by atoms with Crippen LogP contribution >= 0.6 is 0 Å². The smallest absolute Gasteiger partial charge is 0.273 e. The Balaban J connectivity index is 2.04. The average Bonchev–Trinajstić information content (AvgIpc) is 2.89. The van der Waals surface area contributed by atoms with Crippen LogP contribution in [0.15, 0.2) is 12.4 Å². The van der Waals surface area contributed by atoms with Crippen LogP contribution in [0.1, 0.15) is 31.3 Å². The lowest BCUT2D eigenvalue weighted by atomic mass is 9.96. The van der Waals surface area contributed by atoms with Gasteiger partial charge in [0.05, 0.1) is 6.10 Å². The topological polar surface area (TPSA) is 116 Å². The summed E-state index contributed by atoms with van der Waals surface area (Å²) in [5, 5.41) is 18.2. The third-order valence-electron chi connectivity index (χ3n) is 3.66. The summed E-state index contributed by atoms with van der Waals surface area (Å²) < 4.78 is 0. The Morgan fingerprint density at radius 1 is 1.30 bits per heavy atom. The van der Waals surface area contributed by atoms with E-state index in [1.807, 2.05) is 0 Å². The third-order valence-corrected chi connectivity index (χ3v) is 3.66. The Bertz CT molecular complexity index is 585. The van der Waals surface area contributed by atoms with Gasteiger partial charge in [-0.1, -0.05) is 20.8 Å². The molecule has 0 aliphatic carbocycles. The van der Waals surface area contributed by atoms with Gasteiger partial charge in [-0.25, -0.2) is 9.97 Å². The Morgan fingerprint density at radius 2 is 2.00 bits per heavy atom. The Morgan fingerprint density at radius 3 is 2.61 bits per heavy atom. The number of aromatic nitrogens is 2. The van der Waals surface area contributed by atoms with Gasteiger partial charge in [0.1, 0.15) is 0 Å². The standard InChI is InChI=1S/C15H23N5O3/c1-15(2,3)14(23)20-12-11(17-4-5-18-12)13(22)19-7-9-6-16-8-10(9)21/h4-5,9-10,16,21H,6-8H2,1-3H3,(H,19,22)(H,18,20,23). The van der Waals surface area contributed by atoms with Crippen molar-refractivity contribution in [1.82, 2.24) is 20.6 Å². The molecule has 2 rings (SSSR count). The Hall–Kier alpha value is -2.06. The molecule has 1 aliphatic heterocycles. The summed E-state index contributed by atoms with van der Waals surface area (Å²) in [4.78, 5) is 32.4. The molecule has 0 spiro atoms. The second kappa shape index (κ2) is 7.01. The fourth-order valence-corrected chi connectivity index (χ4v) is 2.13. The van der Waals surface area contributed by atoms with Crippen molar-refractivity contribution in [1.29, 1.82) is 0 Å². The molecule has 1 aromatic rings. The SMILES string of the molecule is CC(C)(C)C(=O)Nc1nccnc1C(=O)NCC1CNCC1O. The molecule has 126 valence electrons. The van der Waals surface area contributed by atoms with E-state index in [4.69, 9.17) is 0 Å². The molecule has 1 aliphatic rings. The molecule has 2 heterocycles. The van der Waals surface area contributed by atoms with Gasteiger partial charge in [-0.05, 0) is 0 Å². The summed E-state index contributed by atoms with van der Waals surface area (Å²) in [6.45, 7) is 6.82. The number of nitrogens with zero attached hydrogens (tertiary/aromatic N) is 2. The molecule has 2 amide bonds. The van der Waals surface area contributed by atoms with E-state index in [1.54, 1.807) is 20.8 Å². The summed E-state index contributed by atoms with van der Waals surface area (Å²) in [7, 11) is 0. The molecule has 0 aromatic carbocycles. The maximum Gasteiger partial charge on any atom is 0.273 e. The molecule has 8 nitrogen and oxygen atoms in total. The van der Waals surface area contributed by atoms with Gasteiger partial charge in [-0.15, -0.1) is 0 Å². The number of nitrogens with one attached hydrogen (secondary N) is 3. The number of hydrogen-bond donors (Lipinski definition) is 4. The first-order valence-corrected chi connectivity index (χ1v) is 7.58. The number of rotatable bonds is 4. The highest BCUT2D eigenvalue weighted by molar-refractivity contribution is 6.02. The molecule has 1 fully saturated rings. The summed E-state index contributed by atoms with van der Waals surface area (Å²) in [5.74, 6) is -0.581. The lowest BCUT2D eigenvalue weighted by Gasteiger charge is -2.18. The Labute approximate surface area is 135 Å². The fraction of sp³-hybridized carbons (Fsp3) is 0.600. The van der Waals surface area contributed by atoms with Crippen LogP contribution in [0, 0.1) is 11.3 Å². The van der Waals surface area contributed by atoms with E-state index < -0.39 is 17.4 Å². The minimum absolute atomic E-state index is 0.0387. The van der Waals surface area contributed by atoms with Crippen LogP contribution in [0.4, 0.5) is 5.82 Å². The zero-order valence-electron chi connectivity index (χ0n) is 13.6. The van der Waals surface area contributed by atoms with Crippen LogP contribution < -0.4 is 16.0 Å². The first-order chi connectivity index (χ1) is 10.8. The molecule has 2 atom stereocenters. The van der Waals surface area contributed by atoms with Crippen molar-refractivity contribution < 1.29 is 14.7 Å². The Kier molecular flexibility index (Phi) is 5.27. The molecular formula is C15H23N5O3. The predicted octanol–water partition coefficient (Wildman–Crippen LogP) is -0.229. The number of anilines is 1. The molecular weight excluding hydrogens is 298 g/mol. The third kappa shape index (κ3) is 4.46. The van der Waals surface area contributed by atoms with E-state index >= 15 is 0 Å². The van der Waals surface area contributed by atoms with Crippen LogP contribution in [0.2, 0.25) is 0 Å². The highest BCUT2D eigenvalue weighted by atomic mass is 16.3. The molecule has 0 radical (unpaired) electrons. The quantitative estimate of drug-likeness (QED) is 0.609. The zero-order valence-corrected chi connectivity index (χ0v) is 13.6. The van der Waals surface area contributed by atoms with Gasteiger partial charge in [0.15, 0.2) is 11.5 Å². The van der Waals surface area contributed by atoms with Crippen molar-refractivity contribution in [2.75, 3.05) is 25.0 Å². The maximum absolute atomic E-state index is 12.3. The van der Waals surface area contributed by atoms with Gasteiger partial charge in [-0.3, -0.25) is 9.59 Å². The molecule has 23 heavy (non-hydrogen) atoms. The summed E-state index contributed by atoms with van der Waals surface area (Å²) in [6.07, 6.45) is 2.34. The van der Waals surface area contributed by atoms with E-state index in [1.165, 1.54) is 12.4 Å². The lowest BCUT2D eigenvalue weighted by Crippen LogP contribution is -2.36. The number of aliphatic hydroxyl groups is 1. The van der Waals surface area contributed by atoms with E-state index in [2.05, 4.69) is 25.9 Å². The van der Waals surface area contributed by atoms with Gasteiger partial charge in [0.25, 0.3) is 5.91 Å². The van der Waals surface area contributed by atoms with Crippen molar-refractivity contribution in [2.45, 2.75) is 26.9 Å². The monoisotopic (exact) mass is 321 g/mol. The van der Waals surface area contributed by atoms with Crippen molar-refractivity contribution in [3.8, 4) is 0 Å². The zero-order chi connectivity index (χ0) is 17.0. The largest absolute Gasteiger partial charge is 0.391 e. The van der Waals surface area contributed by atoms with E-state index in [0.717, 1.165) is 0 Å². The highest BCUT2D eigenvalue weighted by Crippen LogP contribution is 2.17. The normalized spacial score (nSPS) is 21.0. The molecule has 1 saturated heterocycles. The number of aliphatic hydroxyl groups excluding tert-OH is 1. The second-order valence-corrected chi connectivity index (χ2v) is 6.65. The van der Waals surface area contributed by atoms with Crippen molar-refractivity contribution >= 4 is 17.6 Å². The highest BCUT2D eigenvalue weighted by Gasteiger charge is 2.27. The fourth-order valence-electron chi connectivity index (χ4n) is 2.13. The number of hydrogen-bond acceptors (Lipinski definition) is 6. The van der Waals surface area contributed by atoms with E-state index in [9.17, 15) is 14.7 Å². The lowest BCUT2D eigenvalue weighted by molar-refractivity contribution is -0.123. The summed E-state index contributed by atoms with van der Waals surface area (Å²) in [5.41, 5.74) is -0.546. The molecule has 0 bridgehead atoms. The molecule has 2 unspecified atom stereocenters. The molecule has 1 aromatic heterocycles. The number of carbonyl (C=O) groups is 2. The first-order valence-electron chi connectivity index (χ1n) is 7.58. The van der Waals surface area contributed by atoms with Crippen molar-refractivity contribution in [3.63, 3.8) is 0 Å². The second-order valence-electron chi connectivity index (χ2n) is 6.65. The maximum atomic E-state index is 12.3. The van der Waals surface area contributed by atoms with Gasteiger partial charge in [0.2, 0.25) is 5.91 Å². The van der Waals surface area contributed by atoms with Gasteiger partial charge in [-0.2, -0.15) is 0 Å². The van der Waals surface area contributed by atoms with Crippen LogP contribution in [-0.2, 0) is 4.79 Å². The average molecular weight is 321 g/mol. The minimum atomic E-state index is -0.606. The molecule has 8 heteroatoms. The first kappa shape index (κ1) is 17.3. The molecule has 4 N–H and O–H groups in total. The molecule has 0 saturated carbocycles. The van der Waals surface area contributed by atoms with Gasteiger partial charge >= 0.3 is 0 Å². The van der Waals surface area contributed by atoms with Crippen LogP contribution in [0.5, 0.6) is 0 Å². The van der Waals surface area contributed by atoms with Gasteiger partial charge in [0, 0.05) is 43.4 Å². The van der Waals surface area contributed by atoms with Crippen LogP contribution in [0.3, 0.4) is 0 Å². The number of amides is 2. The number of carbonyl (C=O) groups excluding carboxylic acids is 2. The van der Waals surface area contributed by atoms with E-state index in [0.29, 0.717) is 19.6 Å². The van der Waals surface area contributed by atoms with Gasteiger partial charge < -0.3 is 21.1 Å². The van der Waals surface area contributed by atoms with Crippen LogP contribution in [-0.4, -0.2) is 52.6 Å².